The third kappa shape index (κ3) is 1.99. The van der Waals surface area contributed by atoms with Gasteiger partial charge in [-0.3, -0.25) is 0 Å². The van der Waals surface area contributed by atoms with Crippen LogP contribution in [0.3, 0.4) is 0 Å². The Kier molecular flexibility index (Phi) is 3.32. The first-order valence-corrected chi connectivity index (χ1v) is 6.17. The number of hydrogen-bond acceptors (Lipinski definition) is 2. The molecule has 0 spiro atoms. The van der Waals surface area contributed by atoms with Gasteiger partial charge in [-0.1, -0.05) is 25.3 Å². The molecule has 1 aliphatic carbocycles. The van der Waals surface area contributed by atoms with E-state index in [0.29, 0.717) is 5.92 Å². The number of anilines is 1. The van der Waals surface area contributed by atoms with Gasteiger partial charge >= 0.3 is 0 Å². The van der Waals surface area contributed by atoms with Crippen LogP contribution >= 0.6 is 0 Å². The van der Waals surface area contributed by atoms with E-state index in [9.17, 15) is 0 Å². The molecule has 0 amide bonds. The van der Waals surface area contributed by atoms with Crippen LogP contribution in [-0.2, 0) is 6.54 Å². The topological polar surface area (TPSA) is 43.8 Å². The van der Waals surface area contributed by atoms with Crippen molar-refractivity contribution >= 4 is 5.82 Å². The van der Waals surface area contributed by atoms with Gasteiger partial charge in [0, 0.05) is 12.5 Å². The highest BCUT2D eigenvalue weighted by molar-refractivity contribution is 5.38. The van der Waals surface area contributed by atoms with Gasteiger partial charge in [0.05, 0.1) is 5.69 Å². The number of nitrogen functional groups attached to an aromatic ring is 1. The summed E-state index contributed by atoms with van der Waals surface area (Å²) in [4.78, 5) is 4.64. The molecular weight excluding hydrogens is 198 g/mol. The summed E-state index contributed by atoms with van der Waals surface area (Å²) in [6, 6.07) is 0. The van der Waals surface area contributed by atoms with Crippen LogP contribution in [0, 0.1) is 6.92 Å². The summed E-state index contributed by atoms with van der Waals surface area (Å²) in [6.45, 7) is 6.55. The van der Waals surface area contributed by atoms with E-state index in [0.717, 1.165) is 18.1 Å². The lowest BCUT2D eigenvalue weighted by Gasteiger charge is -2.22. The number of nitrogens with zero attached hydrogens (tertiary/aromatic N) is 2. The average Bonchev–Trinajstić information content (AvgIpc) is 2.59. The largest absolute Gasteiger partial charge is 0.384 e. The van der Waals surface area contributed by atoms with E-state index in [1.54, 1.807) is 0 Å². The molecule has 0 aromatic carbocycles. The first kappa shape index (κ1) is 11.2. The van der Waals surface area contributed by atoms with Gasteiger partial charge in [-0.15, -0.1) is 6.58 Å². The fourth-order valence-electron chi connectivity index (χ4n) is 2.60. The summed E-state index contributed by atoms with van der Waals surface area (Å²) in [5, 5.41) is 0. The second-order valence-corrected chi connectivity index (χ2v) is 4.67. The summed E-state index contributed by atoms with van der Waals surface area (Å²) in [5.41, 5.74) is 7.01. The molecule has 0 aliphatic heterocycles. The molecule has 2 rings (SSSR count). The molecule has 1 aliphatic rings. The van der Waals surface area contributed by atoms with Crippen molar-refractivity contribution in [1.29, 1.82) is 0 Å². The lowest BCUT2D eigenvalue weighted by Crippen LogP contribution is -2.13. The number of aryl methyl sites for hydroxylation is 1. The molecule has 2 N–H and O–H groups in total. The number of hydrogen-bond donors (Lipinski definition) is 1. The Morgan fingerprint density at radius 2 is 2.12 bits per heavy atom. The molecule has 0 radical (unpaired) electrons. The van der Waals surface area contributed by atoms with Crippen LogP contribution in [0.4, 0.5) is 5.82 Å². The van der Waals surface area contributed by atoms with E-state index >= 15 is 0 Å². The number of nitrogens with two attached hydrogens (primary N) is 1. The zero-order valence-electron chi connectivity index (χ0n) is 10.1. The number of rotatable bonds is 3. The van der Waals surface area contributed by atoms with Crippen LogP contribution in [-0.4, -0.2) is 9.55 Å². The number of aromatic nitrogens is 2. The molecule has 1 aromatic rings. The van der Waals surface area contributed by atoms with Crippen molar-refractivity contribution in [3.05, 3.63) is 24.2 Å². The normalized spacial score (nSPS) is 17.6. The Morgan fingerprint density at radius 1 is 1.44 bits per heavy atom. The van der Waals surface area contributed by atoms with Crippen molar-refractivity contribution in [3.63, 3.8) is 0 Å². The Labute approximate surface area is 97.4 Å². The van der Waals surface area contributed by atoms with E-state index in [-0.39, 0.29) is 0 Å². The van der Waals surface area contributed by atoms with Crippen molar-refractivity contribution < 1.29 is 0 Å². The van der Waals surface area contributed by atoms with Gasteiger partial charge in [0.25, 0.3) is 0 Å². The van der Waals surface area contributed by atoms with Crippen LogP contribution in [0.2, 0.25) is 0 Å². The molecule has 3 heteroatoms. The highest BCUT2D eigenvalue weighted by atomic mass is 15.1. The van der Waals surface area contributed by atoms with E-state index in [1.165, 1.54) is 37.9 Å². The second-order valence-electron chi connectivity index (χ2n) is 4.67. The lowest BCUT2D eigenvalue weighted by molar-refractivity contribution is 0.419. The molecule has 1 fully saturated rings. The molecule has 16 heavy (non-hydrogen) atoms. The fraction of sp³-hybridized carbons (Fsp3) is 0.615. The molecule has 0 bridgehead atoms. The lowest BCUT2D eigenvalue weighted by atomic mass is 9.88. The standard InChI is InChI=1S/C13H21N3/c1-3-9-16-12(14)10(2)15-13(16)11-7-5-4-6-8-11/h3,11H,1,4-9,14H2,2H3. The van der Waals surface area contributed by atoms with Crippen molar-refractivity contribution in [2.75, 3.05) is 5.73 Å². The predicted octanol–water partition coefficient (Wildman–Crippen LogP) is 3.01. The van der Waals surface area contributed by atoms with Gasteiger partial charge in [0.1, 0.15) is 11.6 Å². The first-order valence-electron chi connectivity index (χ1n) is 6.17. The minimum atomic E-state index is 0.602. The first-order chi connectivity index (χ1) is 7.74. The monoisotopic (exact) mass is 219 g/mol. The Balaban J connectivity index is 2.30. The van der Waals surface area contributed by atoms with Gasteiger partial charge in [-0.2, -0.15) is 0 Å². The summed E-state index contributed by atoms with van der Waals surface area (Å²) >= 11 is 0. The fourth-order valence-corrected chi connectivity index (χ4v) is 2.60. The smallest absolute Gasteiger partial charge is 0.126 e. The van der Waals surface area contributed by atoms with Crippen molar-refractivity contribution in [2.45, 2.75) is 51.5 Å². The number of allylic oxidation sites excluding steroid dienone is 1. The van der Waals surface area contributed by atoms with Gasteiger partial charge < -0.3 is 10.3 Å². The van der Waals surface area contributed by atoms with Gasteiger partial charge in [0.15, 0.2) is 0 Å². The summed E-state index contributed by atoms with van der Waals surface area (Å²) in [5.74, 6) is 2.58. The number of imidazole rings is 1. The quantitative estimate of drug-likeness (QED) is 0.794. The molecule has 1 saturated carbocycles. The minimum Gasteiger partial charge on any atom is -0.384 e. The predicted molar refractivity (Wildman–Crippen MR) is 67.4 cm³/mol. The molecule has 88 valence electrons. The highest BCUT2D eigenvalue weighted by Crippen LogP contribution is 2.33. The second kappa shape index (κ2) is 4.73. The van der Waals surface area contributed by atoms with E-state index in [4.69, 9.17) is 5.73 Å². The maximum absolute atomic E-state index is 6.05. The van der Waals surface area contributed by atoms with Crippen LogP contribution in [0.5, 0.6) is 0 Å². The maximum Gasteiger partial charge on any atom is 0.126 e. The molecule has 0 saturated heterocycles. The molecule has 1 aromatic heterocycles. The van der Waals surface area contributed by atoms with Crippen LogP contribution in [0.25, 0.3) is 0 Å². The molecular formula is C13H21N3. The van der Waals surface area contributed by atoms with Crippen molar-refractivity contribution in [1.82, 2.24) is 9.55 Å². The van der Waals surface area contributed by atoms with E-state index < -0.39 is 0 Å². The van der Waals surface area contributed by atoms with Crippen LogP contribution in [0.1, 0.15) is 49.5 Å². The zero-order valence-corrected chi connectivity index (χ0v) is 10.1. The van der Waals surface area contributed by atoms with E-state index in [1.807, 2.05) is 13.0 Å². The third-order valence-corrected chi connectivity index (χ3v) is 3.50. The average molecular weight is 219 g/mol. The molecule has 3 nitrogen and oxygen atoms in total. The molecule has 1 heterocycles. The maximum atomic E-state index is 6.05. The SMILES string of the molecule is C=CCn1c(C2CCCCC2)nc(C)c1N. The highest BCUT2D eigenvalue weighted by Gasteiger charge is 2.22. The Bertz CT molecular complexity index is 373. The molecule has 0 unspecified atom stereocenters. The Hall–Kier alpha value is -1.25. The van der Waals surface area contributed by atoms with E-state index in [2.05, 4.69) is 16.1 Å². The van der Waals surface area contributed by atoms with Crippen LogP contribution in [0.15, 0.2) is 12.7 Å². The summed E-state index contributed by atoms with van der Waals surface area (Å²) < 4.78 is 2.12. The van der Waals surface area contributed by atoms with Gasteiger partial charge in [-0.25, -0.2) is 4.98 Å². The van der Waals surface area contributed by atoms with Crippen molar-refractivity contribution in [3.8, 4) is 0 Å². The minimum absolute atomic E-state index is 0.602. The van der Waals surface area contributed by atoms with Gasteiger partial charge in [-0.05, 0) is 19.8 Å². The summed E-state index contributed by atoms with van der Waals surface area (Å²) in [7, 11) is 0. The molecule has 0 atom stereocenters. The zero-order chi connectivity index (χ0) is 11.5. The van der Waals surface area contributed by atoms with Crippen molar-refractivity contribution in [2.24, 2.45) is 0 Å². The third-order valence-electron chi connectivity index (χ3n) is 3.50. The van der Waals surface area contributed by atoms with Crippen LogP contribution < -0.4 is 5.73 Å². The van der Waals surface area contributed by atoms with Gasteiger partial charge in [0.2, 0.25) is 0 Å². The summed E-state index contributed by atoms with van der Waals surface area (Å²) in [6.07, 6.45) is 8.42. The Morgan fingerprint density at radius 3 is 2.75 bits per heavy atom.